The van der Waals surface area contributed by atoms with Gasteiger partial charge in [0.05, 0.1) is 11.8 Å². The summed E-state index contributed by atoms with van der Waals surface area (Å²) in [5, 5.41) is 13.8. The zero-order chi connectivity index (χ0) is 20.9. The molecule has 7 heteroatoms. The molecule has 29 heavy (non-hydrogen) atoms. The molecule has 0 heterocycles. The minimum absolute atomic E-state index is 0.0566. The Kier molecular flexibility index (Phi) is 6.26. The molecule has 0 aromatic heterocycles. The van der Waals surface area contributed by atoms with Crippen molar-refractivity contribution in [3.05, 3.63) is 65.5 Å². The number of nitrogens with one attached hydrogen (secondary N) is 2. The van der Waals surface area contributed by atoms with E-state index in [1.54, 1.807) is 36.4 Å². The largest absolute Gasteiger partial charge is 0.480 e. The lowest BCUT2D eigenvalue weighted by molar-refractivity contribution is -0.137. The topological polar surface area (TPSA) is 95.5 Å². The van der Waals surface area contributed by atoms with Gasteiger partial charge in [-0.3, -0.25) is 14.4 Å². The minimum atomic E-state index is -1.10. The van der Waals surface area contributed by atoms with Gasteiger partial charge in [0.1, 0.15) is 12.4 Å². The monoisotopic (exact) mass is 398 g/mol. The van der Waals surface area contributed by atoms with Crippen molar-refractivity contribution in [3.8, 4) is 0 Å². The maximum atomic E-state index is 13.3. The molecule has 1 aliphatic carbocycles. The van der Waals surface area contributed by atoms with Crippen LogP contribution in [-0.2, 0) is 26.2 Å². The fourth-order valence-corrected chi connectivity index (χ4v) is 3.77. The summed E-state index contributed by atoms with van der Waals surface area (Å²) in [6, 6.07) is 13.0. The predicted molar refractivity (Wildman–Crippen MR) is 106 cm³/mol. The molecule has 6 nitrogen and oxygen atoms in total. The molecule has 0 unspecified atom stereocenters. The third kappa shape index (κ3) is 4.99. The van der Waals surface area contributed by atoms with E-state index in [1.165, 1.54) is 12.1 Å². The minimum Gasteiger partial charge on any atom is -0.480 e. The van der Waals surface area contributed by atoms with Crippen LogP contribution in [-0.4, -0.2) is 29.4 Å². The van der Waals surface area contributed by atoms with Gasteiger partial charge in [-0.05, 0) is 48.2 Å². The second-order valence-electron chi connectivity index (χ2n) is 7.29. The van der Waals surface area contributed by atoms with Crippen LogP contribution in [0.5, 0.6) is 0 Å². The zero-order valence-electron chi connectivity index (χ0n) is 15.9. The van der Waals surface area contributed by atoms with E-state index in [4.69, 9.17) is 5.11 Å². The van der Waals surface area contributed by atoms with E-state index >= 15 is 0 Å². The Balaban J connectivity index is 1.67. The SMILES string of the molecule is O=C(O)CNC(=O)Cc1ccc(NC(=O)C2(c3ccc(F)cc3)CCCC2)cc1. The summed E-state index contributed by atoms with van der Waals surface area (Å²) in [4.78, 5) is 35.3. The van der Waals surface area contributed by atoms with Crippen molar-refractivity contribution in [2.45, 2.75) is 37.5 Å². The van der Waals surface area contributed by atoms with Gasteiger partial charge < -0.3 is 15.7 Å². The smallest absolute Gasteiger partial charge is 0.322 e. The number of carbonyl (C=O) groups excluding carboxylic acids is 2. The molecule has 2 amide bonds. The molecule has 152 valence electrons. The molecule has 0 radical (unpaired) electrons. The molecule has 3 N–H and O–H groups in total. The number of amides is 2. The van der Waals surface area contributed by atoms with Crippen LogP contribution in [0.25, 0.3) is 0 Å². The van der Waals surface area contributed by atoms with Crippen molar-refractivity contribution in [2.75, 3.05) is 11.9 Å². The summed E-state index contributed by atoms with van der Waals surface area (Å²) in [5.74, 6) is -1.93. The van der Waals surface area contributed by atoms with E-state index < -0.39 is 17.9 Å². The molecule has 2 aromatic rings. The van der Waals surface area contributed by atoms with Crippen molar-refractivity contribution >= 4 is 23.5 Å². The van der Waals surface area contributed by atoms with Crippen LogP contribution in [0, 0.1) is 5.82 Å². The van der Waals surface area contributed by atoms with E-state index in [0.29, 0.717) is 24.1 Å². The highest BCUT2D eigenvalue weighted by Gasteiger charge is 2.42. The maximum Gasteiger partial charge on any atom is 0.322 e. The van der Waals surface area contributed by atoms with Crippen LogP contribution in [0.3, 0.4) is 0 Å². The van der Waals surface area contributed by atoms with Gasteiger partial charge in [-0.2, -0.15) is 0 Å². The third-order valence-corrected chi connectivity index (χ3v) is 5.30. The molecular weight excluding hydrogens is 375 g/mol. The Morgan fingerprint density at radius 3 is 2.17 bits per heavy atom. The van der Waals surface area contributed by atoms with E-state index in [0.717, 1.165) is 18.4 Å². The second kappa shape index (κ2) is 8.86. The third-order valence-electron chi connectivity index (χ3n) is 5.30. The first-order valence-electron chi connectivity index (χ1n) is 9.54. The number of halogens is 1. The molecule has 2 aromatic carbocycles. The number of hydrogen-bond donors (Lipinski definition) is 3. The average Bonchev–Trinajstić information content (AvgIpc) is 3.20. The number of hydrogen-bond acceptors (Lipinski definition) is 3. The highest BCUT2D eigenvalue weighted by atomic mass is 19.1. The molecule has 0 aliphatic heterocycles. The lowest BCUT2D eigenvalue weighted by atomic mass is 9.78. The van der Waals surface area contributed by atoms with Gasteiger partial charge in [-0.25, -0.2) is 4.39 Å². The molecule has 1 aliphatic rings. The molecular formula is C22H23FN2O4. The number of anilines is 1. The molecule has 0 bridgehead atoms. The molecule has 1 fully saturated rings. The van der Waals surface area contributed by atoms with Gasteiger partial charge >= 0.3 is 5.97 Å². The highest BCUT2D eigenvalue weighted by Crippen LogP contribution is 2.42. The van der Waals surface area contributed by atoms with Gasteiger partial charge in [0.2, 0.25) is 11.8 Å². The number of carbonyl (C=O) groups is 3. The molecule has 0 saturated heterocycles. The lowest BCUT2D eigenvalue weighted by Crippen LogP contribution is -2.38. The Hall–Kier alpha value is -3.22. The van der Waals surface area contributed by atoms with Crippen molar-refractivity contribution < 1.29 is 23.9 Å². The number of rotatable bonds is 7. The number of carboxylic acid groups (broad SMARTS) is 1. The number of aliphatic carboxylic acids is 1. The first-order valence-corrected chi connectivity index (χ1v) is 9.54. The van der Waals surface area contributed by atoms with Crippen LogP contribution in [0.15, 0.2) is 48.5 Å². The van der Waals surface area contributed by atoms with Gasteiger partial charge in [-0.15, -0.1) is 0 Å². The second-order valence-corrected chi connectivity index (χ2v) is 7.29. The average molecular weight is 398 g/mol. The van der Waals surface area contributed by atoms with E-state index in [9.17, 15) is 18.8 Å². The summed E-state index contributed by atoms with van der Waals surface area (Å²) in [6.07, 6.45) is 3.37. The van der Waals surface area contributed by atoms with Crippen LogP contribution in [0.4, 0.5) is 10.1 Å². The highest BCUT2D eigenvalue weighted by molar-refractivity contribution is 5.99. The molecule has 0 spiro atoms. The van der Waals surface area contributed by atoms with E-state index in [1.807, 2.05) is 0 Å². The fraction of sp³-hybridized carbons (Fsp3) is 0.318. The molecule has 3 rings (SSSR count). The Morgan fingerprint density at radius 1 is 0.966 bits per heavy atom. The predicted octanol–water partition coefficient (Wildman–Crippen LogP) is 3.02. The van der Waals surface area contributed by atoms with E-state index in [2.05, 4.69) is 10.6 Å². The van der Waals surface area contributed by atoms with Gasteiger partial charge in [0.15, 0.2) is 0 Å². The lowest BCUT2D eigenvalue weighted by Gasteiger charge is -2.28. The van der Waals surface area contributed by atoms with Crippen LogP contribution >= 0.6 is 0 Å². The first-order chi connectivity index (χ1) is 13.9. The van der Waals surface area contributed by atoms with Crippen molar-refractivity contribution in [1.82, 2.24) is 5.32 Å². The molecule has 1 saturated carbocycles. The van der Waals surface area contributed by atoms with Crippen LogP contribution < -0.4 is 10.6 Å². The van der Waals surface area contributed by atoms with Crippen LogP contribution in [0.2, 0.25) is 0 Å². The Bertz CT molecular complexity index is 888. The summed E-state index contributed by atoms with van der Waals surface area (Å²) in [7, 11) is 0. The van der Waals surface area contributed by atoms with Crippen LogP contribution in [0.1, 0.15) is 36.8 Å². The molecule has 0 atom stereocenters. The van der Waals surface area contributed by atoms with Crippen molar-refractivity contribution in [3.63, 3.8) is 0 Å². The zero-order valence-corrected chi connectivity index (χ0v) is 15.9. The Morgan fingerprint density at radius 2 is 1.59 bits per heavy atom. The summed E-state index contributed by atoms with van der Waals surface area (Å²) >= 11 is 0. The number of carboxylic acids is 1. The van der Waals surface area contributed by atoms with Crippen molar-refractivity contribution in [1.29, 1.82) is 0 Å². The Labute approximate surface area is 168 Å². The van der Waals surface area contributed by atoms with Gasteiger partial charge in [-0.1, -0.05) is 37.1 Å². The standard InChI is InChI=1S/C22H23FN2O4/c23-17-7-5-16(6-8-17)22(11-1-2-12-22)21(29)25-18-9-3-15(4-10-18)13-19(26)24-14-20(27)28/h3-10H,1-2,11-14H2,(H,24,26)(H,25,29)(H,27,28). The number of benzene rings is 2. The summed E-state index contributed by atoms with van der Waals surface area (Å²) in [5.41, 5.74) is 1.47. The first kappa shape index (κ1) is 20.5. The van der Waals surface area contributed by atoms with E-state index in [-0.39, 0.29) is 24.1 Å². The summed E-state index contributed by atoms with van der Waals surface area (Å²) in [6.45, 7) is -0.418. The van der Waals surface area contributed by atoms with Gasteiger partial charge in [0.25, 0.3) is 0 Å². The maximum absolute atomic E-state index is 13.3. The quantitative estimate of drug-likeness (QED) is 0.668. The van der Waals surface area contributed by atoms with Gasteiger partial charge in [0, 0.05) is 5.69 Å². The fourth-order valence-electron chi connectivity index (χ4n) is 3.77. The van der Waals surface area contributed by atoms with Crippen molar-refractivity contribution in [2.24, 2.45) is 0 Å². The summed E-state index contributed by atoms with van der Waals surface area (Å²) < 4.78 is 13.3. The normalized spacial score (nSPS) is 14.9.